The molecule has 2 N–H and O–H groups in total. The number of hydrogen-bond acceptors (Lipinski definition) is 2. The van der Waals surface area contributed by atoms with E-state index in [1.165, 1.54) is 0 Å². The predicted octanol–water partition coefficient (Wildman–Crippen LogP) is 2.32. The Kier molecular flexibility index (Phi) is 2.36. The summed E-state index contributed by atoms with van der Waals surface area (Å²) in [7, 11) is 0. The van der Waals surface area contributed by atoms with Crippen molar-refractivity contribution >= 4 is 11.4 Å². The van der Waals surface area contributed by atoms with Gasteiger partial charge >= 0.3 is 0 Å². The minimum Gasteiger partial charge on any atom is -0.299 e. The zero-order chi connectivity index (χ0) is 8.27. The molecule has 1 aliphatic rings. The molecule has 0 saturated carbocycles. The maximum absolute atomic E-state index is 7.35. The Morgan fingerprint density at radius 1 is 1.18 bits per heavy atom. The Labute approximate surface area is 66.6 Å². The summed E-state index contributed by atoms with van der Waals surface area (Å²) in [5.41, 5.74) is 1.80. The third kappa shape index (κ3) is 1.87. The van der Waals surface area contributed by atoms with Gasteiger partial charge in [-0.3, -0.25) is 10.8 Å². The van der Waals surface area contributed by atoms with E-state index < -0.39 is 0 Å². The van der Waals surface area contributed by atoms with E-state index in [0.717, 1.165) is 18.4 Å². The van der Waals surface area contributed by atoms with Gasteiger partial charge in [0, 0.05) is 0 Å². The molecule has 0 aromatic rings. The van der Waals surface area contributed by atoms with Crippen LogP contribution in [-0.2, 0) is 0 Å². The van der Waals surface area contributed by atoms with Gasteiger partial charge in [-0.1, -0.05) is 19.4 Å². The van der Waals surface area contributed by atoms with E-state index in [9.17, 15) is 0 Å². The number of nitrogens with one attached hydrogen (secondary N) is 2. The molecule has 0 amide bonds. The Balaban J connectivity index is 2.72. The van der Waals surface area contributed by atoms with Gasteiger partial charge < -0.3 is 0 Å². The van der Waals surface area contributed by atoms with Gasteiger partial charge in [0.05, 0.1) is 11.4 Å². The monoisotopic (exact) mass is 148 g/mol. The van der Waals surface area contributed by atoms with Gasteiger partial charge in [0.2, 0.25) is 0 Å². The first-order valence-electron chi connectivity index (χ1n) is 3.80. The van der Waals surface area contributed by atoms with E-state index in [4.69, 9.17) is 10.8 Å². The molecule has 0 atom stereocenters. The molecular formula is C9H12N2. The fourth-order valence-electron chi connectivity index (χ4n) is 1.04. The van der Waals surface area contributed by atoms with Gasteiger partial charge in [0.1, 0.15) is 0 Å². The van der Waals surface area contributed by atoms with Crippen molar-refractivity contribution in [3.8, 4) is 0 Å². The van der Waals surface area contributed by atoms with E-state index in [1.54, 1.807) is 12.2 Å². The molecule has 0 unspecified atom stereocenters. The number of hydrogen-bond donors (Lipinski definition) is 2. The molecule has 0 aliphatic heterocycles. The van der Waals surface area contributed by atoms with Crippen LogP contribution in [0.25, 0.3) is 0 Å². The summed E-state index contributed by atoms with van der Waals surface area (Å²) in [6.07, 6.45) is 7.48. The summed E-state index contributed by atoms with van der Waals surface area (Å²) >= 11 is 0. The van der Waals surface area contributed by atoms with Crippen LogP contribution in [0.1, 0.15) is 19.8 Å². The summed E-state index contributed by atoms with van der Waals surface area (Å²) in [5.74, 6) is 0. The highest BCUT2D eigenvalue weighted by Crippen LogP contribution is 2.10. The molecular weight excluding hydrogens is 136 g/mol. The first-order valence-corrected chi connectivity index (χ1v) is 3.80. The third-order valence-corrected chi connectivity index (χ3v) is 1.62. The highest BCUT2D eigenvalue weighted by molar-refractivity contribution is 6.49. The summed E-state index contributed by atoms with van der Waals surface area (Å²) < 4.78 is 0. The van der Waals surface area contributed by atoms with Crippen molar-refractivity contribution in [2.45, 2.75) is 19.8 Å². The van der Waals surface area contributed by atoms with Crippen molar-refractivity contribution in [3.63, 3.8) is 0 Å². The second-order valence-corrected chi connectivity index (χ2v) is 2.63. The molecule has 58 valence electrons. The standard InChI is InChI=1S/C9H12N2/c1-2-3-7-4-5-8(10)9(11)6-7/h4-6,10-11H,2-3H2,1H3. The Morgan fingerprint density at radius 2 is 1.91 bits per heavy atom. The van der Waals surface area contributed by atoms with E-state index in [0.29, 0.717) is 11.4 Å². The largest absolute Gasteiger partial charge is 0.299 e. The van der Waals surface area contributed by atoms with Gasteiger partial charge in [-0.15, -0.1) is 0 Å². The van der Waals surface area contributed by atoms with Crippen LogP contribution < -0.4 is 0 Å². The van der Waals surface area contributed by atoms with Crippen LogP contribution in [0, 0.1) is 10.8 Å². The SMILES string of the molecule is CCCC1=CC(=N)C(=N)C=C1. The molecule has 1 rings (SSSR count). The minimum atomic E-state index is 0.310. The van der Waals surface area contributed by atoms with E-state index in [1.807, 2.05) is 6.08 Å². The van der Waals surface area contributed by atoms with Gasteiger partial charge in [0.15, 0.2) is 0 Å². The lowest BCUT2D eigenvalue weighted by molar-refractivity contribution is 0.927. The van der Waals surface area contributed by atoms with E-state index >= 15 is 0 Å². The molecule has 0 radical (unpaired) electrons. The van der Waals surface area contributed by atoms with Gasteiger partial charge in [-0.05, 0) is 24.1 Å². The lowest BCUT2D eigenvalue weighted by atomic mass is 10.0. The number of allylic oxidation sites excluding steroid dienone is 4. The van der Waals surface area contributed by atoms with Crippen molar-refractivity contribution in [2.24, 2.45) is 0 Å². The summed E-state index contributed by atoms with van der Waals surface area (Å²) in [6, 6.07) is 0. The highest BCUT2D eigenvalue weighted by Gasteiger charge is 2.04. The molecule has 2 heteroatoms. The second kappa shape index (κ2) is 3.28. The van der Waals surface area contributed by atoms with Crippen LogP contribution in [0.3, 0.4) is 0 Å². The maximum Gasteiger partial charge on any atom is 0.0791 e. The van der Waals surface area contributed by atoms with Gasteiger partial charge in [-0.2, -0.15) is 0 Å². The molecule has 0 saturated heterocycles. The molecule has 0 aromatic heterocycles. The molecule has 0 spiro atoms. The molecule has 0 aromatic carbocycles. The number of rotatable bonds is 2. The fraction of sp³-hybridized carbons (Fsp3) is 0.333. The van der Waals surface area contributed by atoms with Crippen LogP contribution in [0.4, 0.5) is 0 Å². The van der Waals surface area contributed by atoms with Crippen molar-refractivity contribution in [2.75, 3.05) is 0 Å². The molecule has 2 nitrogen and oxygen atoms in total. The zero-order valence-corrected chi connectivity index (χ0v) is 6.65. The molecule has 0 fully saturated rings. The lowest BCUT2D eigenvalue weighted by Crippen LogP contribution is -2.09. The average Bonchev–Trinajstić information content (AvgIpc) is 1.98. The van der Waals surface area contributed by atoms with Crippen LogP contribution in [0.15, 0.2) is 23.8 Å². The predicted molar refractivity (Wildman–Crippen MR) is 47.6 cm³/mol. The van der Waals surface area contributed by atoms with Crippen molar-refractivity contribution in [1.82, 2.24) is 0 Å². The van der Waals surface area contributed by atoms with Gasteiger partial charge in [0.25, 0.3) is 0 Å². The average molecular weight is 148 g/mol. The van der Waals surface area contributed by atoms with Crippen LogP contribution in [0.5, 0.6) is 0 Å². The quantitative estimate of drug-likeness (QED) is 0.565. The maximum atomic E-state index is 7.35. The zero-order valence-electron chi connectivity index (χ0n) is 6.65. The molecule has 0 heterocycles. The van der Waals surface area contributed by atoms with Crippen molar-refractivity contribution < 1.29 is 0 Å². The van der Waals surface area contributed by atoms with Crippen molar-refractivity contribution in [3.05, 3.63) is 23.8 Å². The second-order valence-electron chi connectivity index (χ2n) is 2.63. The Hall–Kier alpha value is -1.18. The molecule has 11 heavy (non-hydrogen) atoms. The summed E-state index contributed by atoms with van der Waals surface area (Å²) in [5, 5.41) is 14.6. The topological polar surface area (TPSA) is 47.7 Å². The Bertz CT molecular complexity index is 246. The third-order valence-electron chi connectivity index (χ3n) is 1.62. The first kappa shape index (κ1) is 7.92. The van der Waals surface area contributed by atoms with E-state index in [2.05, 4.69) is 6.92 Å². The van der Waals surface area contributed by atoms with E-state index in [-0.39, 0.29) is 0 Å². The fourth-order valence-corrected chi connectivity index (χ4v) is 1.04. The van der Waals surface area contributed by atoms with Crippen LogP contribution in [-0.4, -0.2) is 11.4 Å². The highest BCUT2D eigenvalue weighted by atomic mass is 14.5. The van der Waals surface area contributed by atoms with Gasteiger partial charge in [-0.25, -0.2) is 0 Å². The minimum absolute atomic E-state index is 0.310. The first-order chi connectivity index (χ1) is 5.24. The summed E-state index contributed by atoms with van der Waals surface area (Å²) in [4.78, 5) is 0. The molecule has 0 bridgehead atoms. The smallest absolute Gasteiger partial charge is 0.0791 e. The van der Waals surface area contributed by atoms with Crippen LogP contribution >= 0.6 is 0 Å². The Morgan fingerprint density at radius 3 is 2.45 bits per heavy atom. The molecule has 1 aliphatic carbocycles. The normalized spacial score (nSPS) is 17.0. The summed E-state index contributed by atoms with van der Waals surface area (Å²) in [6.45, 7) is 2.11. The lowest BCUT2D eigenvalue weighted by Gasteiger charge is -2.06. The van der Waals surface area contributed by atoms with Crippen molar-refractivity contribution in [1.29, 1.82) is 10.8 Å². The van der Waals surface area contributed by atoms with Crippen LogP contribution in [0.2, 0.25) is 0 Å².